The van der Waals surface area contributed by atoms with Crippen molar-refractivity contribution in [1.29, 1.82) is 0 Å². The monoisotopic (exact) mass is 265 g/mol. The van der Waals surface area contributed by atoms with E-state index in [9.17, 15) is 9.90 Å². The van der Waals surface area contributed by atoms with Crippen molar-refractivity contribution in [3.63, 3.8) is 0 Å². The van der Waals surface area contributed by atoms with Gasteiger partial charge in [0.05, 0.1) is 6.10 Å². The lowest BCUT2D eigenvalue weighted by Gasteiger charge is -2.11. The Morgan fingerprint density at radius 2 is 2.11 bits per heavy atom. The molecule has 0 bridgehead atoms. The Hall–Kier alpha value is -1.85. The highest BCUT2D eigenvalue weighted by Crippen LogP contribution is 2.15. The number of hydrogen-bond acceptors (Lipinski definition) is 3. The SMILES string of the molecule is O=C(NCC(O)c1ccc(Cl)cc1)c1ccn[nH]1. The molecule has 0 aliphatic carbocycles. The molecule has 0 radical (unpaired) electrons. The molecule has 2 rings (SSSR count). The molecule has 1 aromatic heterocycles. The van der Waals surface area contributed by atoms with Crippen LogP contribution in [0, 0.1) is 0 Å². The molecule has 0 aliphatic heterocycles. The number of nitrogens with one attached hydrogen (secondary N) is 2. The summed E-state index contributed by atoms with van der Waals surface area (Å²) in [6, 6.07) is 8.38. The first-order chi connectivity index (χ1) is 8.66. The Bertz CT molecular complexity index is 511. The zero-order chi connectivity index (χ0) is 13.0. The second-order valence-corrected chi connectivity index (χ2v) is 4.18. The number of hydrogen-bond donors (Lipinski definition) is 3. The molecule has 1 amide bonds. The summed E-state index contributed by atoms with van der Waals surface area (Å²) in [5.41, 5.74) is 1.06. The molecule has 1 heterocycles. The van der Waals surface area contributed by atoms with Crippen molar-refractivity contribution in [2.24, 2.45) is 0 Å². The van der Waals surface area contributed by atoms with Crippen molar-refractivity contribution >= 4 is 17.5 Å². The summed E-state index contributed by atoms with van der Waals surface area (Å²) in [5.74, 6) is -0.305. The standard InChI is InChI=1S/C12H12ClN3O2/c13-9-3-1-8(2-4-9)11(17)7-14-12(18)10-5-6-15-16-10/h1-6,11,17H,7H2,(H,14,18)(H,15,16). The Morgan fingerprint density at radius 3 is 2.72 bits per heavy atom. The van der Waals surface area contributed by atoms with Crippen molar-refractivity contribution < 1.29 is 9.90 Å². The number of aromatic nitrogens is 2. The molecule has 0 saturated heterocycles. The lowest BCUT2D eigenvalue weighted by molar-refractivity contribution is 0.0911. The average Bonchev–Trinajstić information content (AvgIpc) is 2.90. The topological polar surface area (TPSA) is 78.0 Å². The smallest absolute Gasteiger partial charge is 0.269 e. The second-order valence-electron chi connectivity index (χ2n) is 3.75. The van der Waals surface area contributed by atoms with Gasteiger partial charge in [0.1, 0.15) is 5.69 Å². The van der Waals surface area contributed by atoms with E-state index >= 15 is 0 Å². The van der Waals surface area contributed by atoms with Crippen LogP contribution in [0.2, 0.25) is 5.02 Å². The summed E-state index contributed by atoms with van der Waals surface area (Å²) in [6.45, 7) is 0.124. The van der Waals surface area contributed by atoms with Gasteiger partial charge in [-0.05, 0) is 23.8 Å². The highest BCUT2D eigenvalue weighted by Gasteiger charge is 2.11. The van der Waals surface area contributed by atoms with Crippen LogP contribution in [0.3, 0.4) is 0 Å². The molecule has 1 aromatic carbocycles. The number of carbonyl (C=O) groups excluding carboxylic acids is 1. The summed E-state index contributed by atoms with van der Waals surface area (Å²) in [4.78, 5) is 11.6. The summed E-state index contributed by atoms with van der Waals surface area (Å²) in [7, 11) is 0. The fraction of sp³-hybridized carbons (Fsp3) is 0.167. The third kappa shape index (κ3) is 3.09. The van der Waals surface area contributed by atoms with E-state index in [1.54, 1.807) is 30.3 Å². The quantitative estimate of drug-likeness (QED) is 0.784. The minimum atomic E-state index is -0.769. The van der Waals surface area contributed by atoms with E-state index in [1.807, 2.05) is 0 Å². The van der Waals surface area contributed by atoms with Crippen molar-refractivity contribution in [3.8, 4) is 0 Å². The van der Waals surface area contributed by atoms with Gasteiger partial charge in [-0.2, -0.15) is 5.10 Å². The number of aromatic amines is 1. The molecule has 94 valence electrons. The van der Waals surface area contributed by atoms with E-state index in [-0.39, 0.29) is 12.5 Å². The number of nitrogens with zero attached hydrogens (tertiary/aromatic N) is 1. The van der Waals surface area contributed by atoms with Crippen LogP contribution < -0.4 is 5.32 Å². The van der Waals surface area contributed by atoms with E-state index in [4.69, 9.17) is 11.6 Å². The third-order valence-electron chi connectivity index (χ3n) is 2.46. The first-order valence-corrected chi connectivity index (χ1v) is 5.75. The van der Waals surface area contributed by atoms with Gasteiger partial charge in [-0.25, -0.2) is 0 Å². The van der Waals surface area contributed by atoms with Gasteiger partial charge in [0.2, 0.25) is 0 Å². The summed E-state index contributed by atoms with van der Waals surface area (Å²) < 4.78 is 0. The fourth-order valence-corrected chi connectivity index (χ4v) is 1.60. The number of amides is 1. The van der Waals surface area contributed by atoms with Crippen LogP contribution in [0.5, 0.6) is 0 Å². The normalized spacial score (nSPS) is 12.1. The number of halogens is 1. The minimum absolute atomic E-state index is 0.124. The van der Waals surface area contributed by atoms with Gasteiger partial charge >= 0.3 is 0 Å². The summed E-state index contributed by atoms with van der Waals surface area (Å²) in [6.07, 6.45) is 0.721. The summed E-state index contributed by atoms with van der Waals surface area (Å²) in [5, 5.41) is 19.3. The molecule has 0 spiro atoms. The van der Waals surface area contributed by atoms with Crippen LogP contribution >= 0.6 is 11.6 Å². The molecule has 18 heavy (non-hydrogen) atoms. The molecule has 0 aliphatic rings. The summed E-state index contributed by atoms with van der Waals surface area (Å²) >= 11 is 5.75. The Kier molecular flexibility index (Phi) is 3.96. The van der Waals surface area contributed by atoms with Crippen LogP contribution in [0.4, 0.5) is 0 Å². The van der Waals surface area contributed by atoms with Crippen LogP contribution in [-0.4, -0.2) is 27.8 Å². The number of benzene rings is 1. The maximum absolute atomic E-state index is 11.6. The molecule has 1 unspecified atom stereocenters. The van der Waals surface area contributed by atoms with Crippen molar-refractivity contribution in [1.82, 2.24) is 15.5 Å². The second kappa shape index (κ2) is 5.66. The first-order valence-electron chi connectivity index (χ1n) is 5.38. The number of aliphatic hydroxyl groups is 1. The first kappa shape index (κ1) is 12.6. The molecule has 0 fully saturated rings. The van der Waals surface area contributed by atoms with Gasteiger partial charge in [0.25, 0.3) is 5.91 Å². The zero-order valence-electron chi connectivity index (χ0n) is 9.43. The molecular weight excluding hydrogens is 254 g/mol. The van der Waals surface area contributed by atoms with Crippen LogP contribution in [0.15, 0.2) is 36.5 Å². The number of H-pyrrole nitrogens is 1. The van der Waals surface area contributed by atoms with E-state index < -0.39 is 6.10 Å². The van der Waals surface area contributed by atoms with E-state index in [1.165, 1.54) is 6.20 Å². The molecule has 3 N–H and O–H groups in total. The van der Waals surface area contributed by atoms with E-state index in [0.29, 0.717) is 16.3 Å². The number of carbonyl (C=O) groups is 1. The van der Waals surface area contributed by atoms with E-state index in [0.717, 1.165) is 0 Å². The van der Waals surface area contributed by atoms with Gasteiger partial charge < -0.3 is 10.4 Å². The molecule has 2 aromatic rings. The number of rotatable bonds is 4. The predicted molar refractivity (Wildman–Crippen MR) is 67.3 cm³/mol. The minimum Gasteiger partial charge on any atom is -0.387 e. The van der Waals surface area contributed by atoms with Gasteiger partial charge in [0, 0.05) is 17.8 Å². The predicted octanol–water partition coefficient (Wildman–Crippen LogP) is 1.53. The molecule has 1 atom stereocenters. The fourth-order valence-electron chi connectivity index (χ4n) is 1.47. The van der Waals surface area contributed by atoms with Gasteiger partial charge in [0.15, 0.2) is 0 Å². The average molecular weight is 266 g/mol. The Morgan fingerprint density at radius 1 is 1.39 bits per heavy atom. The highest BCUT2D eigenvalue weighted by molar-refractivity contribution is 6.30. The van der Waals surface area contributed by atoms with Crippen LogP contribution in [-0.2, 0) is 0 Å². The molecule has 5 nitrogen and oxygen atoms in total. The zero-order valence-corrected chi connectivity index (χ0v) is 10.2. The highest BCUT2D eigenvalue weighted by atomic mass is 35.5. The van der Waals surface area contributed by atoms with Crippen molar-refractivity contribution in [3.05, 3.63) is 52.8 Å². The Balaban J connectivity index is 1.90. The van der Waals surface area contributed by atoms with Gasteiger partial charge in [-0.3, -0.25) is 9.89 Å². The maximum atomic E-state index is 11.6. The van der Waals surface area contributed by atoms with Gasteiger partial charge in [-0.15, -0.1) is 0 Å². The van der Waals surface area contributed by atoms with Gasteiger partial charge in [-0.1, -0.05) is 23.7 Å². The Labute approximate surface area is 109 Å². The largest absolute Gasteiger partial charge is 0.387 e. The van der Waals surface area contributed by atoms with Crippen LogP contribution in [0.25, 0.3) is 0 Å². The molecule has 0 saturated carbocycles. The van der Waals surface area contributed by atoms with E-state index in [2.05, 4.69) is 15.5 Å². The molecule has 6 heteroatoms. The maximum Gasteiger partial charge on any atom is 0.269 e. The molecular formula is C12H12ClN3O2. The van der Waals surface area contributed by atoms with Crippen molar-refractivity contribution in [2.45, 2.75) is 6.10 Å². The lowest BCUT2D eigenvalue weighted by atomic mass is 10.1. The third-order valence-corrected chi connectivity index (χ3v) is 2.71. The van der Waals surface area contributed by atoms with Crippen LogP contribution in [0.1, 0.15) is 22.2 Å². The van der Waals surface area contributed by atoms with Crippen molar-refractivity contribution in [2.75, 3.05) is 6.54 Å². The lowest BCUT2D eigenvalue weighted by Crippen LogP contribution is -2.28. The number of aliphatic hydroxyl groups excluding tert-OH is 1.